The molecule has 1 aromatic carbocycles. The minimum atomic E-state index is -0.215. The van der Waals surface area contributed by atoms with E-state index in [9.17, 15) is 4.79 Å². The Morgan fingerprint density at radius 3 is 2.77 bits per heavy atom. The number of anilines is 1. The minimum absolute atomic E-state index is 0.0143. The number of thioether (sulfide) groups is 1. The summed E-state index contributed by atoms with van der Waals surface area (Å²) < 4.78 is 2.07. The van der Waals surface area contributed by atoms with Crippen molar-refractivity contribution in [2.75, 3.05) is 5.32 Å². The second-order valence-corrected chi connectivity index (χ2v) is 6.86. The lowest BCUT2D eigenvalue weighted by Crippen LogP contribution is -2.22. The zero-order valence-corrected chi connectivity index (χ0v) is 13.6. The zero-order valence-electron chi connectivity index (χ0n) is 12.8. The van der Waals surface area contributed by atoms with Crippen LogP contribution in [0.15, 0.2) is 35.7 Å². The summed E-state index contributed by atoms with van der Waals surface area (Å²) in [6.07, 6.45) is 5.11. The van der Waals surface area contributed by atoms with Crippen molar-refractivity contribution in [1.82, 2.24) is 14.8 Å². The van der Waals surface area contributed by atoms with Crippen LogP contribution in [0.1, 0.15) is 38.3 Å². The summed E-state index contributed by atoms with van der Waals surface area (Å²) in [6, 6.07) is 8.49. The molecule has 1 saturated carbocycles. The van der Waals surface area contributed by atoms with E-state index in [1.54, 1.807) is 6.33 Å². The molecule has 1 N–H and O–H groups in total. The van der Waals surface area contributed by atoms with Crippen LogP contribution in [0, 0.1) is 0 Å². The fourth-order valence-corrected chi connectivity index (χ4v) is 3.09. The van der Waals surface area contributed by atoms with Crippen LogP contribution in [0.4, 0.5) is 5.69 Å². The van der Waals surface area contributed by atoms with E-state index < -0.39 is 0 Å². The topological polar surface area (TPSA) is 59.8 Å². The lowest BCUT2D eigenvalue weighted by molar-refractivity contribution is -0.115. The largest absolute Gasteiger partial charge is 0.325 e. The first kappa shape index (κ1) is 15.1. The monoisotopic (exact) mass is 316 g/mol. The number of aromatic nitrogens is 3. The van der Waals surface area contributed by atoms with E-state index in [0.717, 1.165) is 17.3 Å². The highest BCUT2D eigenvalue weighted by molar-refractivity contribution is 8.00. The molecule has 0 spiro atoms. The number of carbonyl (C=O) groups excluding carboxylic acids is 1. The molecular formula is C16H20N4OS. The van der Waals surface area contributed by atoms with E-state index in [1.165, 1.54) is 30.2 Å². The summed E-state index contributed by atoms with van der Waals surface area (Å²) in [5.74, 6) is -0.0143. The lowest BCUT2D eigenvalue weighted by Gasteiger charge is -2.12. The van der Waals surface area contributed by atoms with Gasteiger partial charge in [0, 0.05) is 11.7 Å². The number of aryl methyl sites for hydroxylation is 1. The Kier molecular flexibility index (Phi) is 4.47. The molecule has 116 valence electrons. The highest BCUT2D eigenvalue weighted by Gasteiger charge is 2.27. The number of nitrogens with zero attached hydrogens (tertiary/aromatic N) is 3. The maximum absolute atomic E-state index is 12.3. The molecule has 1 heterocycles. The van der Waals surface area contributed by atoms with Gasteiger partial charge in [0.2, 0.25) is 5.91 Å². The Balaban J connectivity index is 1.60. The third-order valence-corrected chi connectivity index (χ3v) is 4.83. The van der Waals surface area contributed by atoms with Gasteiger partial charge in [0.25, 0.3) is 0 Å². The smallest absolute Gasteiger partial charge is 0.237 e. The van der Waals surface area contributed by atoms with Crippen molar-refractivity contribution < 1.29 is 4.79 Å². The number of hydrogen-bond acceptors (Lipinski definition) is 4. The normalized spacial score (nSPS) is 15.5. The Morgan fingerprint density at radius 1 is 1.41 bits per heavy atom. The summed E-state index contributed by atoms with van der Waals surface area (Å²) in [5, 5.41) is 11.6. The number of benzene rings is 1. The Hall–Kier alpha value is -1.82. The van der Waals surface area contributed by atoms with Crippen molar-refractivity contribution in [1.29, 1.82) is 0 Å². The molecule has 22 heavy (non-hydrogen) atoms. The van der Waals surface area contributed by atoms with Gasteiger partial charge >= 0.3 is 0 Å². The molecule has 0 radical (unpaired) electrons. The molecule has 1 fully saturated rings. The van der Waals surface area contributed by atoms with Crippen LogP contribution < -0.4 is 5.32 Å². The lowest BCUT2D eigenvalue weighted by atomic mass is 10.1. The minimum Gasteiger partial charge on any atom is -0.325 e. The third-order valence-electron chi connectivity index (χ3n) is 3.76. The van der Waals surface area contributed by atoms with Crippen molar-refractivity contribution in [3.63, 3.8) is 0 Å². The standard InChI is InChI=1S/C16H20N4OS/c1-3-12-4-6-13(7-5-12)18-15(21)11(2)22-16-19-17-10-20(16)14-8-9-14/h4-7,10-11,14H,3,8-9H2,1-2H3,(H,18,21). The van der Waals surface area contributed by atoms with Crippen LogP contribution in [0.3, 0.4) is 0 Å². The first-order valence-electron chi connectivity index (χ1n) is 7.63. The van der Waals surface area contributed by atoms with Crippen molar-refractivity contribution >= 4 is 23.4 Å². The van der Waals surface area contributed by atoms with Crippen molar-refractivity contribution in [2.24, 2.45) is 0 Å². The molecule has 1 atom stereocenters. The molecule has 5 nitrogen and oxygen atoms in total. The van der Waals surface area contributed by atoms with Crippen LogP contribution in [-0.2, 0) is 11.2 Å². The first-order valence-corrected chi connectivity index (χ1v) is 8.51. The molecule has 6 heteroatoms. The van der Waals surface area contributed by atoms with E-state index in [1.807, 2.05) is 31.2 Å². The van der Waals surface area contributed by atoms with Gasteiger partial charge in [-0.2, -0.15) is 0 Å². The van der Waals surface area contributed by atoms with Gasteiger partial charge in [-0.1, -0.05) is 30.8 Å². The average molecular weight is 316 g/mol. The Bertz CT molecular complexity index is 648. The summed E-state index contributed by atoms with van der Waals surface area (Å²) in [6.45, 7) is 4.01. The highest BCUT2D eigenvalue weighted by atomic mass is 32.2. The predicted octanol–water partition coefficient (Wildman–Crippen LogP) is 3.29. The maximum atomic E-state index is 12.3. The van der Waals surface area contributed by atoms with Gasteiger partial charge in [0.05, 0.1) is 5.25 Å². The number of nitrogens with one attached hydrogen (secondary N) is 1. The zero-order chi connectivity index (χ0) is 15.5. The summed E-state index contributed by atoms with van der Waals surface area (Å²) in [5.41, 5.74) is 2.09. The van der Waals surface area contributed by atoms with Crippen LogP contribution in [0.2, 0.25) is 0 Å². The van der Waals surface area contributed by atoms with E-state index in [2.05, 4.69) is 27.0 Å². The molecule has 0 saturated heterocycles. The maximum Gasteiger partial charge on any atom is 0.237 e. The summed E-state index contributed by atoms with van der Waals surface area (Å²) in [7, 11) is 0. The van der Waals surface area contributed by atoms with Crippen molar-refractivity contribution in [2.45, 2.75) is 49.6 Å². The highest BCUT2D eigenvalue weighted by Crippen LogP contribution is 2.38. The molecule has 1 aliphatic carbocycles. The molecular weight excluding hydrogens is 296 g/mol. The molecule has 3 rings (SSSR count). The van der Waals surface area contributed by atoms with Crippen LogP contribution >= 0.6 is 11.8 Å². The van der Waals surface area contributed by atoms with E-state index in [-0.39, 0.29) is 11.2 Å². The van der Waals surface area contributed by atoms with Gasteiger partial charge in [-0.25, -0.2) is 0 Å². The molecule has 1 aliphatic rings. The SMILES string of the molecule is CCc1ccc(NC(=O)C(C)Sc2nncn2C2CC2)cc1. The van der Waals surface area contributed by atoms with Gasteiger partial charge in [-0.15, -0.1) is 10.2 Å². The number of rotatable bonds is 6. The quantitative estimate of drug-likeness (QED) is 0.831. The van der Waals surface area contributed by atoms with Crippen LogP contribution in [0.5, 0.6) is 0 Å². The van der Waals surface area contributed by atoms with Gasteiger partial charge < -0.3 is 9.88 Å². The van der Waals surface area contributed by atoms with Gasteiger partial charge in [0.1, 0.15) is 6.33 Å². The molecule has 2 aromatic rings. The van der Waals surface area contributed by atoms with Crippen molar-refractivity contribution in [3.8, 4) is 0 Å². The Labute approximate surface area is 134 Å². The molecule has 1 amide bonds. The number of hydrogen-bond donors (Lipinski definition) is 1. The fraction of sp³-hybridized carbons (Fsp3) is 0.438. The summed E-state index contributed by atoms with van der Waals surface area (Å²) in [4.78, 5) is 12.3. The molecule has 0 aliphatic heterocycles. The van der Waals surface area contributed by atoms with Crippen LogP contribution in [0.25, 0.3) is 0 Å². The van der Waals surface area contributed by atoms with E-state index in [4.69, 9.17) is 0 Å². The molecule has 0 bridgehead atoms. The molecule has 1 aromatic heterocycles. The number of carbonyl (C=O) groups is 1. The first-order chi connectivity index (χ1) is 10.7. The second-order valence-electron chi connectivity index (χ2n) is 5.55. The Morgan fingerprint density at radius 2 is 2.14 bits per heavy atom. The average Bonchev–Trinajstić information content (AvgIpc) is 3.28. The number of amides is 1. The third kappa shape index (κ3) is 3.50. The molecule has 1 unspecified atom stereocenters. The van der Waals surface area contributed by atoms with Gasteiger partial charge in [-0.3, -0.25) is 4.79 Å². The van der Waals surface area contributed by atoms with Gasteiger partial charge in [-0.05, 0) is 43.9 Å². The fourth-order valence-electron chi connectivity index (χ4n) is 2.20. The summed E-state index contributed by atoms with van der Waals surface area (Å²) >= 11 is 1.46. The van der Waals surface area contributed by atoms with Crippen molar-refractivity contribution in [3.05, 3.63) is 36.2 Å². The van der Waals surface area contributed by atoms with E-state index >= 15 is 0 Å². The predicted molar refractivity (Wildman–Crippen MR) is 88.1 cm³/mol. The van der Waals surface area contributed by atoms with Crippen LogP contribution in [-0.4, -0.2) is 25.9 Å². The van der Waals surface area contributed by atoms with E-state index in [0.29, 0.717) is 6.04 Å². The second kappa shape index (κ2) is 6.52. The van der Waals surface area contributed by atoms with Gasteiger partial charge in [0.15, 0.2) is 5.16 Å².